The lowest BCUT2D eigenvalue weighted by Crippen LogP contribution is -2.32. The standard InChI is InChI=1S/C15H13F3N4O3.C12H7ClF3N3O.C8H5F3O.C7H4O.C5H4Cl2N2.4C2H6.4CH4/c16-15(17,18)12(8-4-2-1-3-5-8)25-11-7-9(21-14(20)22-11)6-10(19)13(23)24;13-8-6-9(19-11(17)18-8)20-10(12(14,15)16)7-4-2-1-3-5-7;9-8(10,11)7(12)6-4-2-1-3-5-6;8-6-7-4-2-1-3-5-7;1-3-8-4(6)2-5(7)9-3;4*1-2;;;;/h2,4-5,7,10,12H,6,19H2,(H,23,24)(H2,20,21,22);2,4-6,10H,(H2,17,18,19);2,4-5,7,12H;2,4-6H;2H,1H3;4*1-2H3;4*1H4/t10-,12?;;;;;;;;;;;;/m0............/s1. The van der Waals surface area contributed by atoms with Gasteiger partial charge in [0.2, 0.25) is 35.9 Å². The largest absolute Gasteiger partial charge is 0.480 e. The maximum absolute atomic E-state index is 13.3. The number of hydrogen-bond donors (Lipinski definition) is 5. The van der Waals surface area contributed by atoms with Gasteiger partial charge in [-0.25, -0.2) is 19.9 Å². The Balaban J connectivity index is -0.000000235. The minimum absolute atomic E-state index is 0. The Bertz CT molecular complexity index is 2750. The number of nitrogens with two attached hydrogens (primary N) is 3. The van der Waals surface area contributed by atoms with Crippen molar-refractivity contribution in [3.05, 3.63) is 189 Å². The van der Waals surface area contributed by atoms with Crippen molar-refractivity contribution in [2.24, 2.45) is 5.73 Å². The summed E-state index contributed by atoms with van der Waals surface area (Å²) >= 11 is 16.6. The summed E-state index contributed by atoms with van der Waals surface area (Å²) in [6.45, 7) is 17.7. The molecule has 27 heteroatoms. The van der Waals surface area contributed by atoms with E-state index in [1.165, 1.54) is 36.4 Å². The number of halogens is 12. The Labute approximate surface area is 514 Å². The van der Waals surface area contributed by atoms with Crippen LogP contribution in [-0.4, -0.2) is 76.9 Å². The lowest BCUT2D eigenvalue weighted by atomic mass is 10.1. The zero-order valence-electron chi connectivity index (χ0n) is 45.2. The van der Waals surface area contributed by atoms with Crippen molar-refractivity contribution >= 4 is 59.0 Å². The second-order valence-corrected chi connectivity index (χ2v) is 15.0. The van der Waals surface area contributed by atoms with Gasteiger partial charge in [-0.15, -0.1) is 0 Å². The van der Waals surface area contributed by atoms with Gasteiger partial charge in [0.15, 0.2) is 12.4 Å². The molecular weight excluding hydrogens is 1210 g/mol. The van der Waals surface area contributed by atoms with Crippen LogP contribution in [0, 0.1) is 55.5 Å². The van der Waals surface area contributed by atoms with Crippen molar-refractivity contribution in [2.75, 3.05) is 11.5 Å². The molecule has 0 fully saturated rings. The number of aliphatic carboxylic acids is 1. The minimum Gasteiger partial charge on any atom is -0.480 e. The number of aromatic nitrogens is 6. The first-order chi connectivity index (χ1) is 38.7. The predicted octanol–water partition coefficient (Wildman–Crippen LogP) is 16.0. The highest BCUT2D eigenvalue weighted by atomic mass is 35.5. The third kappa shape index (κ3) is 36.6. The fourth-order valence-corrected chi connectivity index (χ4v) is 5.71. The van der Waals surface area contributed by atoms with E-state index in [-0.39, 0.29) is 81.4 Å². The molecule has 0 aliphatic carbocycles. The van der Waals surface area contributed by atoms with Gasteiger partial charge in [0, 0.05) is 41.3 Å². The third-order valence-electron chi connectivity index (χ3n) is 8.15. The van der Waals surface area contributed by atoms with Crippen LogP contribution in [0.2, 0.25) is 15.5 Å². The second-order valence-electron chi connectivity index (χ2n) is 13.9. The van der Waals surface area contributed by atoms with Crippen molar-refractivity contribution in [1.82, 2.24) is 29.9 Å². The molecule has 0 radical (unpaired) electrons. The van der Waals surface area contributed by atoms with E-state index < -0.39 is 54.7 Å². The number of carboxylic acids is 1. The Morgan fingerprint density at radius 1 is 0.558 bits per heavy atom. The number of ether oxygens (including phenoxy) is 2. The molecule has 4 atom stereocenters. The molecule has 0 spiro atoms. The molecule has 3 aromatic heterocycles. The number of carbonyl (C=O) groups excluding carboxylic acids is 1. The number of nitrogens with zero attached hydrogens (tertiary/aromatic N) is 6. The molecule has 7 aromatic rings. The summed E-state index contributed by atoms with van der Waals surface area (Å²) in [7, 11) is 0. The van der Waals surface area contributed by atoms with Gasteiger partial charge >= 0.3 is 24.5 Å². The first-order valence-corrected chi connectivity index (χ1v) is 25.1. The Morgan fingerprint density at radius 2 is 0.919 bits per heavy atom. The lowest BCUT2D eigenvalue weighted by molar-refractivity contribution is -0.206. The molecule has 474 valence electrons. The molecular formula is C59H73Cl3F9N9O6. The first-order valence-electron chi connectivity index (χ1n) is 23.9. The van der Waals surface area contributed by atoms with E-state index in [1.54, 1.807) is 25.1 Å². The van der Waals surface area contributed by atoms with Crippen LogP contribution in [0.15, 0.2) is 91.0 Å². The zero-order chi connectivity index (χ0) is 63.2. The van der Waals surface area contributed by atoms with Crippen molar-refractivity contribution in [3.63, 3.8) is 0 Å². The van der Waals surface area contributed by atoms with E-state index in [0.29, 0.717) is 21.7 Å². The summed E-state index contributed by atoms with van der Waals surface area (Å²) in [5.74, 6) is -2.15. The number of carbonyl (C=O) groups is 2. The van der Waals surface area contributed by atoms with Crippen LogP contribution in [0.4, 0.5) is 51.4 Å². The van der Waals surface area contributed by atoms with E-state index >= 15 is 0 Å². The molecule has 8 N–H and O–H groups in total. The van der Waals surface area contributed by atoms with Crippen molar-refractivity contribution in [3.8, 4) is 11.8 Å². The van der Waals surface area contributed by atoms with Gasteiger partial charge in [0.1, 0.15) is 27.3 Å². The molecule has 4 aromatic carbocycles. The molecule has 7 rings (SSSR count). The van der Waals surface area contributed by atoms with Gasteiger partial charge in [-0.2, -0.15) is 49.5 Å². The van der Waals surface area contributed by atoms with Gasteiger partial charge < -0.3 is 36.9 Å². The highest BCUT2D eigenvalue weighted by molar-refractivity contribution is 6.33. The number of aliphatic hydroxyl groups excluding tert-OH is 1. The smallest absolute Gasteiger partial charge is 0.429 e. The van der Waals surface area contributed by atoms with Crippen LogP contribution < -0.4 is 26.7 Å². The average Bonchev–Trinajstić information content (AvgIpc) is 2.87. The predicted molar refractivity (Wildman–Crippen MR) is 318 cm³/mol. The van der Waals surface area contributed by atoms with Crippen LogP contribution in [0.25, 0.3) is 0 Å². The van der Waals surface area contributed by atoms with Gasteiger partial charge in [-0.1, -0.05) is 168 Å². The quantitative estimate of drug-likeness (QED) is 0.0459. The van der Waals surface area contributed by atoms with Crippen LogP contribution in [-0.2, 0) is 11.2 Å². The maximum Gasteiger partial charge on any atom is 0.429 e. The SMILES string of the molecule is C.C.C.C.CC.CC.CC.CC.Cc1nc(Cl)cc(Cl)n1.Nc1nc(C[C@H](N)C(=O)O)cc(OC(c2cc#ccc2)C(F)(F)F)n1.Nc1nc(Cl)cc(OC(c2cc#ccc2)C(F)(F)F)n1.O=Cc1cc#ccc1.OC(c1cc#ccc1)C(F)(F)F. The van der Waals surface area contributed by atoms with Gasteiger partial charge in [-0.05, 0) is 85.3 Å². The number of aliphatic hydroxyl groups is 1. The van der Waals surface area contributed by atoms with Crippen molar-refractivity contribution in [1.29, 1.82) is 0 Å². The number of aldehydes is 1. The number of carboxylic acid groups (broad SMARTS) is 1. The molecule has 0 saturated carbocycles. The zero-order valence-corrected chi connectivity index (χ0v) is 47.5. The topological polar surface area (TPSA) is 248 Å². The average molecular weight is 1280 g/mol. The summed E-state index contributed by atoms with van der Waals surface area (Å²) in [6.07, 6.45) is -20.4. The van der Waals surface area contributed by atoms with Gasteiger partial charge in [-0.3, -0.25) is 9.59 Å². The summed E-state index contributed by atoms with van der Waals surface area (Å²) in [6, 6.07) is 37.9. The van der Waals surface area contributed by atoms with Crippen LogP contribution in [0.1, 0.15) is 142 Å². The van der Waals surface area contributed by atoms with E-state index in [0.717, 1.165) is 42.7 Å². The lowest BCUT2D eigenvalue weighted by Gasteiger charge is -2.21. The van der Waals surface area contributed by atoms with E-state index in [9.17, 15) is 49.1 Å². The summed E-state index contributed by atoms with van der Waals surface area (Å²) < 4.78 is 124. The van der Waals surface area contributed by atoms with Crippen LogP contribution in [0.3, 0.4) is 0 Å². The summed E-state index contributed by atoms with van der Waals surface area (Å²) in [4.78, 5) is 42.8. The minimum atomic E-state index is -4.73. The molecule has 3 unspecified atom stereocenters. The number of aryl methyl sites for hydroxylation is 1. The number of alkyl halides is 9. The number of nitrogen functional groups attached to an aromatic ring is 2. The Hall–Kier alpha value is -8.10. The summed E-state index contributed by atoms with van der Waals surface area (Å²) in [5, 5.41) is 18.1. The fourth-order valence-electron chi connectivity index (χ4n) is 5.02. The van der Waals surface area contributed by atoms with Crippen LogP contribution >= 0.6 is 34.8 Å². The highest BCUT2D eigenvalue weighted by Gasteiger charge is 2.44. The molecule has 86 heavy (non-hydrogen) atoms. The maximum atomic E-state index is 13.3. The third-order valence-corrected chi connectivity index (χ3v) is 8.73. The molecule has 0 aliphatic heterocycles. The highest BCUT2D eigenvalue weighted by Crippen LogP contribution is 2.38. The van der Waals surface area contributed by atoms with E-state index in [4.69, 9.17) is 71.7 Å². The van der Waals surface area contributed by atoms with E-state index in [1.807, 2.05) is 55.4 Å². The molecule has 0 amide bonds. The monoisotopic (exact) mass is 1280 g/mol. The van der Waals surface area contributed by atoms with Crippen molar-refractivity contribution < 1.29 is 68.8 Å². The van der Waals surface area contributed by atoms with E-state index in [2.05, 4.69) is 78.4 Å². The normalized spacial score (nSPS) is 10.8. The van der Waals surface area contributed by atoms with Gasteiger partial charge in [0.05, 0.1) is 5.69 Å². The number of anilines is 2. The van der Waals surface area contributed by atoms with Gasteiger partial charge in [0.25, 0.3) is 0 Å². The molecule has 0 aliphatic rings. The molecule has 0 bridgehead atoms. The Morgan fingerprint density at radius 3 is 1.22 bits per heavy atom. The number of rotatable bonds is 11. The van der Waals surface area contributed by atoms with Crippen molar-refractivity contribution in [2.45, 2.75) is 141 Å². The van der Waals surface area contributed by atoms with Crippen LogP contribution in [0.5, 0.6) is 11.8 Å². The summed E-state index contributed by atoms with van der Waals surface area (Å²) in [5.41, 5.74) is 16.3. The second kappa shape index (κ2) is 47.2. The molecule has 0 saturated heterocycles. The molecule has 3 heterocycles. The first kappa shape index (κ1) is 89.1. The number of hydrogen-bond acceptors (Lipinski definition) is 14. The fraction of sp³-hybridized carbons (Fsp3) is 0.356. The Kier molecular flexibility index (Phi) is 48.9. The molecule has 15 nitrogen and oxygen atoms in total.